The van der Waals surface area contributed by atoms with Crippen molar-refractivity contribution >= 4 is 6.09 Å². The van der Waals surface area contributed by atoms with Crippen molar-refractivity contribution in [2.45, 2.75) is 26.4 Å². The van der Waals surface area contributed by atoms with Gasteiger partial charge in [0, 0.05) is 0 Å². The molecule has 1 heterocycles. The molecule has 0 saturated carbocycles. The van der Waals surface area contributed by atoms with Gasteiger partial charge in [0.15, 0.2) is 5.41 Å². The predicted octanol–water partition coefficient (Wildman–Crippen LogP) is 1.27. The van der Waals surface area contributed by atoms with Crippen LogP contribution in [-0.2, 0) is 4.74 Å². The van der Waals surface area contributed by atoms with E-state index in [1.807, 2.05) is 12.1 Å². The summed E-state index contributed by atoms with van der Waals surface area (Å²) in [4.78, 5) is 12.8. The van der Waals surface area contributed by atoms with Crippen LogP contribution in [0.2, 0.25) is 0 Å². The normalized spacial score (nSPS) is 18.3. The van der Waals surface area contributed by atoms with E-state index in [-0.39, 0.29) is 13.1 Å². The lowest BCUT2D eigenvalue weighted by molar-refractivity contribution is -0.00443. The summed E-state index contributed by atoms with van der Waals surface area (Å²) in [5, 5.41) is 17.4. The van der Waals surface area contributed by atoms with Gasteiger partial charge in [-0.25, -0.2) is 4.79 Å². The highest BCUT2D eigenvalue weighted by molar-refractivity contribution is 5.70. The molecule has 1 fully saturated rings. The Labute approximate surface area is 88.8 Å². The van der Waals surface area contributed by atoms with Crippen LogP contribution in [0.5, 0.6) is 0 Å². The zero-order valence-corrected chi connectivity index (χ0v) is 9.07. The monoisotopic (exact) mass is 207 g/mol. The number of amides is 1. The third-order valence-electron chi connectivity index (χ3n) is 2.00. The summed E-state index contributed by atoms with van der Waals surface area (Å²) in [5.41, 5.74) is -1.58. The molecule has 0 N–H and O–H groups in total. The van der Waals surface area contributed by atoms with E-state index in [9.17, 15) is 4.79 Å². The number of carbonyl (C=O) groups is 1. The van der Waals surface area contributed by atoms with Gasteiger partial charge in [-0.3, -0.25) is 0 Å². The van der Waals surface area contributed by atoms with Gasteiger partial charge in [0.05, 0.1) is 25.2 Å². The third kappa shape index (κ3) is 2.38. The van der Waals surface area contributed by atoms with E-state index in [0.29, 0.717) is 0 Å². The maximum Gasteiger partial charge on any atom is 0.410 e. The fraction of sp³-hybridized carbons (Fsp3) is 0.700. The van der Waals surface area contributed by atoms with Crippen LogP contribution < -0.4 is 0 Å². The van der Waals surface area contributed by atoms with E-state index in [2.05, 4.69) is 0 Å². The third-order valence-corrected chi connectivity index (χ3v) is 2.00. The van der Waals surface area contributed by atoms with Crippen LogP contribution in [0, 0.1) is 28.1 Å². The van der Waals surface area contributed by atoms with Gasteiger partial charge in [-0.2, -0.15) is 10.5 Å². The van der Waals surface area contributed by atoms with E-state index in [1.54, 1.807) is 20.8 Å². The predicted molar refractivity (Wildman–Crippen MR) is 51.5 cm³/mol. The minimum absolute atomic E-state index is 0.134. The minimum Gasteiger partial charge on any atom is -0.444 e. The van der Waals surface area contributed by atoms with Crippen LogP contribution in [0.15, 0.2) is 0 Å². The SMILES string of the molecule is CC(C)(C)OC(=O)N1CC(C#N)(C#N)C1. The van der Waals surface area contributed by atoms with E-state index in [0.717, 1.165) is 0 Å². The number of hydrogen-bond donors (Lipinski definition) is 0. The van der Waals surface area contributed by atoms with Gasteiger partial charge < -0.3 is 9.64 Å². The molecule has 0 aliphatic carbocycles. The van der Waals surface area contributed by atoms with Crippen LogP contribution in [0.3, 0.4) is 0 Å². The molecule has 0 aromatic heterocycles. The van der Waals surface area contributed by atoms with Crippen LogP contribution >= 0.6 is 0 Å². The fourth-order valence-corrected chi connectivity index (χ4v) is 1.23. The molecular weight excluding hydrogens is 194 g/mol. The first kappa shape index (κ1) is 11.3. The molecule has 0 aromatic rings. The highest BCUT2D eigenvalue weighted by Gasteiger charge is 2.47. The molecule has 0 radical (unpaired) electrons. The van der Waals surface area contributed by atoms with Crippen LogP contribution in [0.1, 0.15) is 20.8 Å². The number of ether oxygens (including phenoxy) is 1. The summed E-state index contributed by atoms with van der Waals surface area (Å²) in [6, 6.07) is 3.80. The van der Waals surface area contributed by atoms with Crippen molar-refractivity contribution in [3.8, 4) is 12.1 Å². The Bertz CT molecular complexity index is 334. The number of hydrogen-bond acceptors (Lipinski definition) is 4. The van der Waals surface area contributed by atoms with Gasteiger partial charge >= 0.3 is 6.09 Å². The smallest absolute Gasteiger partial charge is 0.410 e. The summed E-state index contributed by atoms with van der Waals surface area (Å²) in [5.74, 6) is 0. The second-order valence-electron chi connectivity index (χ2n) is 4.64. The van der Waals surface area contributed by atoms with Gasteiger partial charge in [-0.05, 0) is 20.8 Å². The van der Waals surface area contributed by atoms with Gasteiger partial charge in [-0.1, -0.05) is 0 Å². The number of rotatable bonds is 0. The molecule has 0 spiro atoms. The lowest BCUT2D eigenvalue weighted by Crippen LogP contribution is -2.58. The van der Waals surface area contributed by atoms with Crippen molar-refractivity contribution in [3.05, 3.63) is 0 Å². The lowest BCUT2D eigenvalue weighted by Gasteiger charge is -2.41. The highest BCUT2D eigenvalue weighted by Crippen LogP contribution is 2.29. The van der Waals surface area contributed by atoms with Crippen molar-refractivity contribution in [2.75, 3.05) is 13.1 Å². The average Bonchev–Trinajstić information content (AvgIpc) is 2.00. The maximum atomic E-state index is 11.4. The van der Waals surface area contributed by atoms with E-state index < -0.39 is 17.1 Å². The second-order valence-corrected chi connectivity index (χ2v) is 4.64. The molecule has 1 aliphatic rings. The van der Waals surface area contributed by atoms with E-state index in [4.69, 9.17) is 15.3 Å². The van der Waals surface area contributed by atoms with Crippen molar-refractivity contribution in [1.29, 1.82) is 10.5 Å². The van der Waals surface area contributed by atoms with Crippen LogP contribution in [0.4, 0.5) is 4.79 Å². The number of carbonyl (C=O) groups excluding carboxylic acids is 1. The average molecular weight is 207 g/mol. The fourth-order valence-electron chi connectivity index (χ4n) is 1.23. The summed E-state index contributed by atoms with van der Waals surface area (Å²) in [7, 11) is 0. The maximum absolute atomic E-state index is 11.4. The standard InChI is InChI=1S/C10H13N3O2/c1-9(2,3)15-8(14)13-6-10(4-11,5-12)7-13/h6-7H2,1-3H3. The Morgan fingerprint density at radius 1 is 1.33 bits per heavy atom. The Morgan fingerprint density at radius 2 is 1.80 bits per heavy atom. The molecule has 15 heavy (non-hydrogen) atoms. The van der Waals surface area contributed by atoms with Crippen molar-refractivity contribution in [1.82, 2.24) is 4.90 Å². The topological polar surface area (TPSA) is 77.1 Å². The largest absolute Gasteiger partial charge is 0.444 e. The van der Waals surface area contributed by atoms with Crippen molar-refractivity contribution in [2.24, 2.45) is 5.41 Å². The summed E-state index contributed by atoms with van der Waals surface area (Å²) < 4.78 is 5.09. The highest BCUT2D eigenvalue weighted by atomic mass is 16.6. The summed E-state index contributed by atoms with van der Waals surface area (Å²) >= 11 is 0. The van der Waals surface area contributed by atoms with Gasteiger partial charge in [0.2, 0.25) is 0 Å². The summed E-state index contributed by atoms with van der Waals surface area (Å²) in [6.07, 6.45) is -0.469. The van der Waals surface area contributed by atoms with E-state index >= 15 is 0 Å². The first-order chi connectivity index (χ1) is 6.82. The Hall–Kier alpha value is -1.75. The number of likely N-dealkylation sites (tertiary alicyclic amines) is 1. The Morgan fingerprint density at radius 3 is 2.13 bits per heavy atom. The van der Waals surface area contributed by atoms with E-state index in [1.165, 1.54) is 4.90 Å². The lowest BCUT2D eigenvalue weighted by atomic mass is 9.83. The molecule has 1 rings (SSSR count). The molecule has 0 atom stereocenters. The van der Waals surface area contributed by atoms with Crippen molar-refractivity contribution in [3.63, 3.8) is 0 Å². The number of nitrogens with zero attached hydrogens (tertiary/aromatic N) is 3. The second kappa shape index (κ2) is 3.43. The quantitative estimate of drug-likeness (QED) is 0.599. The molecule has 0 bridgehead atoms. The van der Waals surface area contributed by atoms with Gasteiger partial charge in [0.1, 0.15) is 5.60 Å². The molecule has 0 unspecified atom stereocenters. The van der Waals surface area contributed by atoms with Crippen molar-refractivity contribution < 1.29 is 9.53 Å². The molecule has 5 nitrogen and oxygen atoms in total. The Kier molecular flexibility index (Phi) is 2.59. The molecule has 1 amide bonds. The molecule has 5 heteroatoms. The van der Waals surface area contributed by atoms with Gasteiger partial charge in [0.25, 0.3) is 0 Å². The molecular formula is C10H13N3O2. The number of nitriles is 2. The molecule has 1 aliphatic heterocycles. The molecule has 80 valence electrons. The van der Waals surface area contributed by atoms with Crippen LogP contribution in [0.25, 0.3) is 0 Å². The minimum atomic E-state index is -1.03. The van der Waals surface area contributed by atoms with Gasteiger partial charge in [-0.15, -0.1) is 0 Å². The first-order valence-electron chi connectivity index (χ1n) is 4.62. The first-order valence-corrected chi connectivity index (χ1v) is 4.62. The zero-order chi connectivity index (χ0) is 11.7. The molecule has 0 aromatic carbocycles. The molecule has 1 saturated heterocycles. The van der Waals surface area contributed by atoms with Crippen LogP contribution in [-0.4, -0.2) is 29.7 Å². The zero-order valence-electron chi connectivity index (χ0n) is 9.07. The summed E-state index contributed by atoms with van der Waals surface area (Å²) in [6.45, 7) is 5.58. The Balaban J connectivity index is 2.51.